The predicted octanol–water partition coefficient (Wildman–Crippen LogP) is 4.34. The molecule has 0 radical (unpaired) electrons. The Morgan fingerprint density at radius 3 is 2.79 bits per heavy atom. The third kappa shape index (κ3) is 3.96. The molecule has 120 valence electrons. The van der Waals surface area contributed by atoms with Gasteiger partial charge in [0.1, 0.15) is 0 Å². The van der Waals surface area contributed by atoms with E-state index in [-0.39, 0.29) is 0 Å². The van der Waals surface area contributed by atoms with Gasteiger partial charge in [-0.25, -0.2) is 4.68 Å². The molecular weight excluding hydrogens is 384 g/mol. The monoisotopic (exact) mass is 398 g/mol. The summed E-state index contributed by atoms with van der Waals surface area (Å²) >= 11 is 5.02. The Balaban J connectivity index is 2.06. The van der Waals surface area contributed by atoms with Crippen molar-refractivity contribution in [2.45, 2.75) is 0 Å². The third-order valence-electron chi connectivity index (χ3n) is 3.19. The van der Waals surface area contributed by atoms with Gasteiger partial charge < -0.3 is 0 Å². The SMILES string of the molecule is C=CCN=c1scc(-c2ccc(Br)cc2)n1N=Cc1cccnc1. The van der Waals surface area contributed by atoms with E-state index in [2.05, 4.69) is 55.1 Å². The van der Waals surface area contributed by atoms with E-state index in [1.165, 1.54) is 0 Å². The second-order valence-electron chi connectivity index (χ2n) is 4.88. The van der Waals surface area contributed by atoms with Crippen molar-refractivity contribution in [2.75, 3.05) is 6.54 Å². The van der Waals surface area contributed by atoms with Crippen LogP contribution in [0.1, 0.15) is 5.56 Å². The van der Waals surface area contributed by atoms with Crippen molar-refractivity contribution < 1.29 is 0 Å². The highest BCUT2D eigenvalue weighted by Gasteiger charge is 2.07. The van der Waals surface area contributed by atoms with Crippen molar-refractivity contribution in [2.24, 2.45) is 10.1 Å². The van der Waals surface area contributed by atoms with Gasteiger partial charge >= 0.3 is 0 Å². The average Bonchev–Trinajstić information content (AvgIpc) is 3.02. The molecule has 24 heavy (non-hydrogen) atoms. The Labute approximate surface area is 152 Å². The molecule has 0 bridgehead atoms. The maximum Gasteiger partial charge on any atom is 0.206 e. The van der Waals surface area contributed by atoms with Crippen LogP contribution in [0.25, 0.3) is 11.3 Å². The summed E-state index contributed by atoms with van der Waals surface area (Å²) in [5.41, 5.74) is 3.01. The molecule has 3 aromatic rings. The maximum absolute atomic E-state index is 4.61. The zero-order chi connectivity index (χ0) is 16.8. The van der Waals surface area contributed by atoms with Crippen LogP contribution in [0, 0.1) is 0 Å². The molecule has 0 atom stereocenters. The van der Waals surface area contributed by atoms with E-state index in [9.17, 15) is 0 Å². The summed E-state index contributed by atoms with van der Waals surface area (Å²) < 4.78 is 2.90. The van der Waals surface area contributed by atoms with Crippen molar-refractivity contribution in [3.8, 4) is 11.3 Å². The van der Waals surface area contributed by atoms with Gasteiger partial charge in [-0.2, -0.15) is 5.10 Å². The van der Waals surface area contributed by atoms with E-state index >= 15 is 0 Å². The zero-order valence-corrected chi connectivity index (χ0v) is 15.2. The first kappa shape index (κ1) is 16.5. The van der Waals surface area contributed by atoms with Crippen molar-refractivity contribution >= 4 is 33.5 Å². The Kier molecular flexibility index (Phi) is 5.51. The largest absolute Gasteiger partial charge is 0.264 e. The number of rotatable bonds is 5. The highest BCUT2D eigenvalue weighted by atomic mass is 79.9. The molecule has 1 aromatic carbocycles. The van der Waals surface area contributed by atoms with E-state index in [0.29, 0.717) is 6.54 Å². The zero-order valence-electron chi connectivity index (χ0n) is 12.8. The van der Waals surface area contributed by atoms with Gasteiger partial charge in [-0.1, -0.05) is 40.2 Å². The van der Waals surface area contributed by atoms with Crippen LogP contribution in [0.2, 0.25) is 0 Å². The minimum Gasteiger partial charge on any atom is -0.264 e. The molecule has 2 aromatic heterocycles. The first-order valence-electron chi connectivity index (χ1n) is 7.30. The van der Waals surface area contributed by atoms with Gasteiger partial charge in [0.25, 0.3) is 0 Å². The molecule has 0 aliphatic rings. The maximum atomic E-state index is 4.61. The molecule has 6 heteroatoms. The molecule has 0 saturated carbocycles. The van der Waals surface area contributed by atoms with Crippen molar-refractivity contribution in [3.05, 3.63) is 81.7 Å². The molecule has 2 heterocycles. The van der Waals surface area contributed by atoms with Crippen LogP contribution in [-0.4, -0.2) is 22.4 Å². The Bertz CT molecular complexity index is 908. The Hall–Kier alpha value is -2.31. The first-order chi connectivity index (χ1) is 11.8. The number of hydrogen-bond acceptors (Lipinski definition) is 4. The fraction of sp³-hybridized carbons (Fsp3) is 0.0556. The lowest BCUT2D eigenvalue weighted by Gasteiger charge is -2.03. The van der Waals surface area contributed by atoms with Gasteiger partial charge in [0.05, 0.1) is 18.5 Å². The summed E-state index contributed by atoms with van der Waals surface area (Å²) in [4.78, 5) is 9.46. The van der Waals surface area contributed by atoms with Gasteiger partial charge in [-0.15, -0.1) is 17.9 Å². The minimum absolute atomic E-state index is 0.558. The van der Waals surface area contributed by atoms with Crippen LogP contribution < -0.4 is 4.80 Å². The summed E-state index contributed by atoms with van der Waals surface area (Å²) in [5.74, 6) is 0. The number of hydrogen-bond donors (Lipinski definition) is 0. The predicted molar refractivity (Wildman–Crippen MR) is 103 cm³/mol. The van der Waals surface area contributed by atoms with E-state index in [1.807, 2.05) is 28.9 Å². The standard InChI is InChI=1S/C18H15BrN4S/c1-2-9-21-18-23(22-12-14-4-3-10-20-11-14)17(13-24-18)15-5-7-16(19)8-6-15/h2-8,10-13H,1,9H2. The Morgan fingerprint density at radius 1 is 1.25 bits per heavy atom. The molecule has 0 aliphatic heterocycles. The Morgan fingerprint density at radius 2 is 2.08 bits per heavy atom. The van der Waals surface area contributed by atoms with Gasteiger partial charge in [0.15, 0.2) is 0 Å². The number of thiazole rings is 1. The summed E-state index contributed by atoms with van der Waals surface area (Å²) in [5, 5.41) is 6.67. The lowest BCUT2D eigenvalue weighted by atomic mass is 10.2. The second-order valence-corrected chi connectivity index (χ2v) is 6.63. The number of pyridine rings is 1. The first-order valence-corrected chi connectivity index (χ1v) is 8.97. The van der Waals surface area contributed by atoms with Gasteiger partial charge in [0.2, 0.25) is 4.80 Å². The van der Waals surface area contributed by atoms with Crippen LogP contribution in [0.3, 0.4) is 0 Å². The van der Waals surface area contributed by atoms with Gasteiger partial charge in [-0.3, -0.25) is 9.98 Å². The summed E-state index contributed by atoms with van der Waals surface area (Å²) in [6.45, 7) is 4.28. The highest BCUT2D eigenvalue weighted by molar-refractivity contribution is 9.10. The molecule has 3 rings (SSSR count). The molecule has 0 aliphatic carbocycles. The highest BCUT2D eigenvalue weighted by Crippen LogP contribution is 2.22. The van der Waals surface area contributed by atoms with Gasteiger partial charge in [0, 0.05) is 33.4 Å². The minimum atomic E-state index is 0.558. The van der Waals surface area contributed by atoms with E-state index in [1.54, 1.807) is 36.0 Å². The van der Waals surface area contributed by atoms with Crippen molar-refractivity contribution in [1.82, 2.24) is 9.66 Å². The lowest BCUT2D eigenvalue weighted by Crippen LogP contribution is -2.12. The van der Waals surface area contributed by atoms with Crippen LogP contribution >= 0.6 is 27.3 Å². The smallest absolute Gasteiger partial charge is 0.206 e. The van der Waals surface area contributed by atoms with Crippen molar-refractivity contribution in [1.29, 1.82) is 0 Å². The van der Waals surface area contributed by atoms with Crippen LogP contribution in [0.5, 0.6) is 0 Å². The molecule has 0 unspecified atom stereocenters. The van der Waals surface area contributed by atoms with E-state index in [4.69, 9.17) is 0 Å². The number of aromatic nitrogens is 2. The van der Waals surface area contributed by atoms with Crippen LogP contribution in [-0.2, 0) is 0 Å². The van der Waals surface area contributed by atoms with Crippen molar-refractivity contribution in [3.63, 3.8) is 0 Å². The summed E-state index contributed by atoms with van der Waals surface area (Å²) in [6, 6.07) is 12.0. The number of nitrogens with zero attached hydrogens (tertiary/aromatic N) is 4. The number of benzene rings is 1. The topological polar surface area (TPSA) is 42.5 Å². The fourth-order valence-corrected chi connectivity index (χ4v) is 3.17. The quantitative estimate of drug-likeness (QED) is 0.465. The normalized spacial score (nSPS) is 12.0. The molecular formula is C18H15BrN4S. The molecule has 0 saturated heterocycles. The molecule has 0 fully saturated rings. The molecule has 0 spiro atoms. The van der Waals surface area contributed by atoms with Crippen LogP contribution in [0.15, 0.2) is 81.4 Å². The fourth-order valence-electron chi connectivity index (χ4n) is 2.06. The molecule has 0 N–H and O–H groups in total. The van der Waals surface area contributed by atoms with E-state index in [0.717, 1.165) is 26.1 Å². The lowest BCUT2D eigenvalue weighted by molar-refractivity contribution is 0.840. The summed E-state index contributed by atoms with van der Waals surface area (Å²) in [6.07, 6.45) is 7.08. The third-order valence-corrected chi connectivity index (χ3v) is 4.57. The summed E-state index contributed by atoms with van der Waals surface area (Å²) in [7, 11) is 0. The van der Waals surface area contributed by atoms with Crippen LogP contribution in [0.4, 0.5) is 0 Å². The molecule has 4 nitrogen and oxygen atoms in total. The second kappa shape index (κ2) is 7.99. The average molecular weight is 399 g/mol. The molecule has 0 amide bonds. The number of halogens is 1. The van der Waals surface area contributed by atoms with E-state index < -0.39 is 0 Å². The van der Waals surface area contributed by atoms with Gasteiger partial charge in [-0.05, 0) is 18.2 Å².